The fourth-order valence-corrected chi connectivity index (χ4v) is 2.39. The van der Waals surface area contributed by atoms with Crippen molar-refractivity contribution >= 4 is 22.9 Å². The summed E-state index contributed by atoms with van der Waals surface area (Å²) < 4.78 is 0. The van der Waals surface area contributed by atoms with Crippen LogP contribution in [0.2, 0.25) is 5.02 Å². The van der Waals surface area contributed by atoms with Gasteiger partial charge in [0.25, 0.3) is 0 Å². The van der Waals surface area contributed by atoms with Crippen LogP contribution in [0.15, 0.2) is 29.6 Å². The summed E-state index contributed by atoms with van der Waals surface area (Å²) in [5.41, 5.74) is 2.13. The van der Waals surface area contributed by atoms with Crippen LogP contribution >= 0.6 is 22.9 Å². The first-order valence-electron chi connectivity index (χ1n) is 5.11. The second-order valence-corrected chi connectivity index (χ2v) is 4.77. The predicted octanol–water partition coefficient (Wildman–Crippen LogP) is 3.39. The van der Waals surface area contributed by atoms with Crippen molar-refractivity contribution in [3.05, 3.63) is 40.4 Å². The van der Waals surface area contributed by atoms with Crippen LogP contribution in [0.4, 0.5) is 0 Å². The van der Waals surface area contributed by atoms with Crippen molar-refractivity contribution in [1.29, 1.82) is 0 Å². The Morgan fingerprint density at radius 2 is 2.00 bits per heavy atom. The van der Waals surface area contributed by atoms with Gasteiger partial charge >= 0.3 is 0 Å². The van der Waals surface area contributed by atoms with E-state index in [-0.39, 0.29) is 6.61 Å². The number of benzene rings is 1. The smallest absolute Gasteiger partial charge is 0.123 e. The molecule has 0 aliphatic heterocycles. The van der Waals surface area contributed by atoms with E-state index in [0.29, 0.717) is 0 Å². The number of aromatic nitrogens is 1. The summed E-state index contributed by atoms with van der Waals surface area (Å²) in [6, 6.07) is 7.67. The summed E-state index contributed by atoms with van der Waals surface area (Å²) in [6.45, 7) is 0.216. The van der Waals surface area contributed by atoms with Crippen molar-refractivity contribution in [1.82, 2.24) is 4.98 Å². The maximum atomic E-state index is 8.74. The molecule has 0 saturated carbocycles. The minimum atomic E-state index is 0.216. The molecule has 16 heavy (non-hydrogen) atoms. The van der Waals surface area contributed by atoms with Gasteiger partial charge in [0.2, 0.25) is 0 Å². The molecule has 0 fully saturated rings. The standard InChI is InChI=1S/C12H12ClNOS/c13-10-5-3-9(4-6-10)12-14-11(8-16-12)2-1-7-15/h3-6,8,15H,1-2,7H2. The van der Waals surface area contributed by atoms with Gasteiger partial charge in [0.15, 0.2) is 0 Å². The Hall–Kier alpha value is -0.900. The highest BCUT2D eigenvalue weighted by atomic mass is 35.5. The van der Waals surface area contributed by atoms with E-state index in [0.717, 1.165) is 34.1 Å². The molecule has 0 aliphatic rings. The average Bonchev–Trinajstić information content (AvgIpc) is 2.76. The molecule has 1 N–H and O–H groups in total. The monoisotopic (exact) mass is 253 g/mol. The van der Waals surface area contributed by atoms with Crippen molar-refractivity contribution in [2.24, 2.45) is 0 Å². The minimum absolute atomic E-state index is 0.216. The molecular formula is C12H12ClNOS. The lowest BCUT2D eigenvalue weighted by Gasteiger charge is -1.96. The molecule has 1 aromatic carbocycles. The second-order valence-electron chi connectivity index (χ2n) is 3.48. The number of hydrogen-bond acceptors (Lipinski definition) is 3. The van der Waals surface area contributed by atoms with Crippen LogP contribution in [0.3, 0.4) is 0 Å². The quantitative estimate of drug-likeness (QED) is 0.906. The number of hydrogen-bond donors (Lipinski definition) is 1. The van der Waals surface area contributed by atoms with Crippen LogP contribution in [0.25, 0.3) is 10.6 Å². The molecule has 4 heteroatoms. The fraction of sp³-hybridized carbons (Fsp3) is 0.250. The van der Waals surface area contributed by atoms with Gasteiger partial charge in [-0.15, -0.1) is 11.3 Å². The fourth-order valence-electron chi connectivity index (χ4n) is 1.41. The van der Waals surface area contributed by atoms with Crippen molar-refractivity contribution in [3.63, 3.8) is 0 Å². The first-order chi connectivity index (χ1) is 7.79. The SMILES string of the molecule is OCCCc1csc(-c2ccc(Cl)cc2)n1. The van der Waals surface area contributed by atoms with E-state index in [4.69, 9.17) is 16.7 Å². The molecule has 0 atom stereocenters. The zero-order valence-corrected chi connectivity index (χ0v) is 10.3. The lowest BCUT2D eigenvalue weighted by Crippen LogP contribution is -1.89. The highest BCUT2D eigenvalue weighted by Gasteiger charge is 2.04. The lowest BCUT2D eigenvalue weighted by molar-refractivity contribution is 0.288. The molecule has 84 valence electrons. The van der Waals surface area contributed by atoms with Crippen molar-refractivity contribution in [2.45, 2.75) is 12.8 Å². The van der Waals surface area contributed by atoms with Gasteiger partial charge in [-0.05, 0) is 25.0 Å². The van der Waals surface area contributed by atoms with Crippen molar-refractivity contribution < 1.29 is 5.11 Å². The van der Waals surface area contributed by atoms with Crippen LogP contribution in [0.1, 0.15) is 12.1 Å². The second kappa shape index (κ2) is 5.43. The largest absolute Gasteiger partial charge is 0.396 e. The summed E-state index contributed by atoms with van der Waals surface area (Å²) in [6.07, 6.45) is 1.60. The van der Waals surface area contributed by atoms with Gasteiger partial charge in [0.05, 0.1) is 5.69 Å². The third-order valence-corrected chi connectivity index (χ3v) is 3.43. The lowest BCUT2D eigenvalue weighted by atomic mass is 10.2. The number of halogens is 1. The molecule has 2 rings (SSSR count). The van der Waals surface area contributed by atoms with Crippen LogP contribution in [-0.4, -0.2) is 16.7 Å². The third kappa shape index (κ3) is 2.82. The summed E-state index contributed by atoms with van der Waals surface area (Å²) in [7, 11) is 0. The highest BCUT2D eigenvalue weighted by Crippen LogP contribution is 2.25. The van der Waals surface area contributed by atoms with E-state index >= 15 is 0 Å². The Kier molecular flexibility index (Phi) is 3.93. The van der Waals surface area contributed by atoms with Crippen molar-refractivity contribution in [2.75, 3.05) is 6.61 Å². The molecule has 0 bridgehead atoms. The van der Waals surface area contributed by atoms with E-state index in [9.17, 15) is 0 Å². The molecule has 0 spiro atoms. The molecule has 2 aromatic rings. The predicted molar refractivity (Wildman–Crippen MR) is 68.0 cm³/mol. The Bertz CT molecular complexity index is 452. The van der Waals surface area contributed by atoms with Crippen LogP contribution in [0.5, 0.6) is 0 Å². The van der Waals surface area contributed by atoms with Crippen molar-refractivity contribution in [3.8, 4) is 10.6 Å². The van der Waals surface area contributed by atoms with E-state index in [1.165, 1.54) is 0 Å². The van der Waals surface area contributed by atoms with Crippen LogP contribution in [0, 0.1) is 0 Å². The Morgan fingerprint density at radius 3 is 2.69 bits per heavy atom. The van der Waals surface area contributed by atoms with E-state index < -0.39 is 0 Å². The number of aliphatic hydroxyl groups is 1. The Balaban J connectivity index is 2.15. The van der Waals surface area contributed by atoms with Gasteiger partial charge in [0, 0.05) is 22.6 Å². The summed E-state index contributed by atoms with van der Waals surface area (Å²) in [5, 5.41) is 12.5. The van der Waals surface area contributed by atoms with E-state index in [1.807, 2.05) is 29.6 Å². The van der Waals surface area contributed by atoms with E-state index in [1.54, 1.807) is 11.3 Å². The maximum Gasteiger partial charge on any atom is 0.123 e. The molecule has 1 heterocycles. The highest BCUT2D eigenvalue weighted by molar-refractivity contribution is 7.13. The number of rotatable bonds is 4. The zero-order chi connectivity index (χ0) is 11.4. The zero-order valence-electron chi connectivity index (χ0n) is 8.69. The Morgan fingerprint density at radius 1 is 1.25 bits per heavy atom. The van der Waals surface area contributed by atoms with E-state index in [2.05, 4.69) is 4.98 Å². The first-order valence-corrected chi connectivity index (χ1v) is 6.36. The molecule has 1 aromatic heterocycles. The normalized spacial score (nSPS) is 10.6. The van der Waals surface area contributed by atoms with Gasteiger partial charge in [-0.2, -0.15) is 0 Å². The number of nitrogens with zero attached hydrogens (tertiary/aromatic N) is 1. The molecular weight excluding hydrogens is 242 g/mol. The summed E-state index contributed by atoms with van der Waals surface area (Å²) >= 11 is 7.45. The maximum absolute atomic E-state index is 8.74. The minimum Gasteiger partial charge on any atom is -0.396 e. The Labute approximate surface area is 104 Å². The first kappa shape index (κ1) is 11.6. The van der Waals surface area contributed by atoms with Gasteiger partial charge in [-0.1, -0.05) is 23.7 Å². The topological polar surface area (TPSA) is 33.1 Å². The van der Waals surface area contributed by atoms with Crippen LogP contribution in [-0.2, 0) is 6.42 Å². The molecule has 0 amide bonds. The van der Waals surface area contributed by atoms with Gasteiger partial charge in [-0.25, -0.2) is 4.98 Å². The third-order valence-electron chi connectivity index (χ3n) is 2.23. The molecule has 2 nitrogen and oxygen atoms in total. The molecule has 0 saturated heterocycles. The number of aryl methyl sites for hydroxylation is 1. The molecule has 0 aliphatic carbocycles. The van der Waals surface area contributed by atoms with Gasteiger partial charge in [-0.3, -0.25) is 0 Å². The van der Waals surface area contributed by atoms with Crippen LogP contribution < -0.4 is 0 Å². The summed E-state index contributed by atoms with van der Waals surface area (Å²) in [5.74, 6) is 0. The number of thiazole rings is 1. The molecule has 0 radical (unpaired) electrons. The van der Waals surface area contributed by atoms with Gasteiger partial charge in [0.1, 0.15) is 5.01 Å². The average molecular weight is 254 g/mol. The number of aliphatic hydroxyl groups excluding tert-OH is 1. The molecule has 0 unspecified atom stereocenters. The summed E-state index contributed by atoms with van der Waals surface area (Å²) in [4.78, 5) is 4.51. The van der Waals surface area contributed by atoms with Gasteiger partial charge < -0.3 is 5.11 Å².